The highest BCUT2D eigenvalue weighted by Gasteiger charge is 2.41. The highest BCUT2D eigenvalue weighted by Crippen LogP contribution is 2.34. The Hall–Kier alpha value is 0.134. The highest BCUT2D eigenvalue weighted by molar-refractivity contribution is 6.84. The minimum atomic E-state index is -1.24. The summed E-state index contributed by atoms with van der Waals surface area (Å²) in [7, 11) is -2.46. The second-order valence-corrected chi connectivity index (χ2v) is 16.9. The number of nitrogens with zero attached hydrogens (tertiary/aromatic N) is 1. The summed E-state index contributed by atoms with van der Waals surface area (Å²) in [4.78, 5) is 0. The molecule has 0 radical (unpaired) electrons. The Morgan fingerprint density at radius 3 is 1.89 bits per heavy atom. The maximum atomic E-state index is 4.12. The molecule has 0 spiro atoms. The van der Waals surface area contributed by atoms with E-state index < -0.39 is 16.3 Å². The van der Waals surface area contributed by atoms with Crippen LogP contribution in [0.25, 0.3) is 0 Å². The molecule has 3 heteroatoms. The Balaban J connectivity index is 2.99. The van der Waals surface area contributed by atoms with Gasteiger partial charge in [0, 0.05) is 6.04 Å². The van der Waals surface area contributed by atoms with Crippen molar-refractivity contribution in [2.75, 3.05) is 6.17 Å². The fourth-order valence-corrected chi connectivity index (χ4v) is 11.3. The lowest BCUT2D eigenvalue weighted by Crippen LogP contribution is -2.60. The Kier molecular flexibility index (Phi) is 6.54. The minimum absolute atomic E-state index is 0.901. The van der Waals surface area contributed by atoms with Gasteiger partial charge in [-0.3, -0.25) is 0 Å². The summed E-state index contributed by atoms with van der Waals surface area (Å²) in [5.41, 5.74) is 2.30. The molecule has 0 aromatic carbocycles. The summed E-state index contributed by atoms with van der Waals surface area (Å²) < 4.78 is 3.06. The van der Waals surface area contributed by atoms with Gasteiger partial charge in [0.05, 0.1) is 8.07 Å². The molecule has 0 saturated heterocycles. The van der Waals surface area contributed by atoms with Crippen LogP contribution >= 0.6 is 0 Å². The van der Waals surface area contributed by atoms with Crippen molar-refractivity contribution in [2.24, 2.45) is 0 Å². The third kappa shape index (κ3) is 4.05. The number of rotatable bonds is 8. The summed E-state index contributed by atoms with van der Waals surface area (Å²) in [6, 6.07) is 5.19. The quantitative estimate of drug-likeness (QED) is 0.556. The standard InChI is InChI=1S/C16H35NSi2/c1-7-18(5,6)15-17(16-13-11-12-14-16)19(8-2,9-3)10-4/h7,16H,1,8-15H2,2-6H3. The average Bonchev–Trinajstić information content (AvgIpc) is 2.93. The van der Waals surface area contributed by atoms with E-state index in [0.717, 1.165) is 6.04 Å². The lowest BCUT2D eigenvalue weighted by Gasteiger charge is -2.47. The maximum absolute atomic E-state index is 4.12. The van der Waals surface area contributed by atoms with Crippen LogP contribution in [0.15, 0.2) is 12.3 Å². The van der Waals surface area contributed by atoms with Gasteiger partial charge in [0.1, 0.15) is 8.24 Å². The predicted molar refractivity (Wildman–Crippen MR) is 93.8 cm³/mol. The van der Waals surface area contributed by atoms with E-state index >= 15 is 0 Å². The maximum Gasteiger partial charge on any atom is 0.127 e. The summed E-state index contributed by atoms with van der Waals surface area (Å²) >= 11 is 0. The van der Waals surface area contributed by atoms with E-state index in [0.29, 0.717) is 0 Å². The first-order valence-corrected chi connectivity index (χ1v) is 14.2. The first-order chi connectivity index (χ1) is 8.94. The van der Waals surface area contributed by atoms with Crippen LogP contribution < -0.4 is 0 Å². The molecule has 19 heavy (non-hydrogen) atoms. The largest absolute Gasteiger partial charge is 0.323 e. The van der Waals surface area contributed by atoms with Gasteiger partial charge < -0.3 is 4.57 Å². The molecule has 0 aromatic rings. The van der Waals surface area contributed by atoms with Crippen LogP contribution in [0, 0.1) is 0 Å². The van der Waals surface area contributed by atoms with Gasteiger partial charge in [0.15, 0.2) is 0 Å². The van der Waals surface area contributed by atoms with E-state index in [1.165, 1.54) is 50.0 Å². The predicted octanol–water partition coefficient (Wildman–Crippen LogP) is 5.21. The van der Waals surface area contributed by atoms with Gasteiger partial charge in [-0.05, 0) is 37.1 Å². The van der Waals surface area contributed by atoms with Gasteiger partial charge in [-0.25, -0.2) is 0 Å². The van der Waals surface area contributed by atoms with Crippen LogP contribution in [0.2, 0.25) is 31.2 Å². The van der Waals surface area contributed by atoms with E-state index in [1.807, 2.05) is 0 Å². The summed E-state index contributed by atoms with van der Waals surface area (Å²) in [5.74, 6) is 0. The van der Waals surface area contributed by atoms with Crippen molar-refractivity contribution in [1.82, 2.24) is 4.57 Å². The highest BCUT2D eigenvalue weighted by atomic mass is 28.3. The molecule has 1 nitrogen and oxygen atoms in total. The zero-order valence-corrected chi connectivity index (χ0v) is 16.0. The molecule has 1 aliphatic rings. The molecule has 0 heterocycles. The Morgan fingerprint density at radius 2 is 1.53 bits per heavy atom. The van der Waals surface area contributed by atoms with Crippen molar-refractivity contribution in [2.45, 2.75) is 83.7 Å². The topological polar surface area (TPSA) is 3.24 Å². The fraction of sp³-hybridized carbons (Fsp3) is 0.875. The molecule has 0 aliphatic heterocycles. The minimum Gasteiger partial charge on any atom is -0.323 e. The van der Waals surface area contributed by atoms with E-state index in [1.54, 1.807) is 0 Å². The van der Waals surface area contributed by atoms with Gasteiger partial charge in [-0.15, -0.1) is 12.3 Å². The summed E-state index contributed by atoms with van der Waals surface area (Å²) in [5, 5.41) is 0. The van der Waals surface area contributed by atoms with Crippen molar-refractivity contribution < 1.29 is 0 Å². The summed E-state index contributed by atoms with van der Waals surface area (Å²) in [6.07, 6.45) is 7.19. The first kappa shape index (κ1) is 17.2. The van der Waals surface area contributed by atoms with Gasteiger partial charge in [0.2, 0.25) is 0 Å². The average molecular weight is 298 g/mol. The molecule has 0 amide bonds. The molecule has 0 N–H and O–H groups in total. The molecule has 112 valence electrons. The van der Waals surface area contributed by atoms with Crippen LogP contribution in [0.1, 0.15) is 46.5 Å². The van der Waals surface area contributed by atoms with Gasteiger partial charge in [0.25, 0.3) is 0 Å². The molecule has 1 aliphatic carbocycles. The summed E-state index contributed by atoms with van der Waals surface area (Å²) in [6.45, 7) is 16.4. The molecule has 0 aromatic heterocycles. The Morgan fingerprint density at radius 1 is 1.05 bits per heavy atom. The van der Waals surface area contributed by atoms with E-state index in [9.17, 15) is 0 Å². The van der Waals surface area contributed by atoms with Crippen molar-refractivity contribution in [3.63, 3.8) is 0 Å². The monoisotopic (exact) mass is 297 g/mol. The number of hydrogen-bond donors (Lipinski definition) is 0. The van der Waals surface area contributed by atoms with Crippen molar-refractivity contribution in [3.05, 3.63) is 12.3 Å². The lowest BCUT2D eigenvalue weighted by atomic mass is 10.3. The van der Waals surface area contributed by atoms with Crippen LogP contribution in [0.4, 0.5) is 0 Å². The molecule has 0 atom stereocenters. The molecule has 1 saturated carbocycles. The van der Waals surface area contributed by atoms with Crippen LogP contribution in [-0.4, -0.2) is 33.1 Å². The second kappa shape index (κ2) is 7.23. The number of hydrogen-bond acceptors (Lipinski definition) is 1. The normalized spacial score (nSPS) is 18.2. The third-order valence-corrected chi connectivity index (χ3v) is 13.7. The molecule has 1 rings (SSSR count). The third-order valence-electron chi connectivity index (χ3n) is 5.48. The molecular formula is C16H35NSi2. The molecular weight excluding hydrogens is 262 g/mol. The fourth-order valence-electron chi connectivity index (χ4n) is 3.76. The van der Waals surface area contributed by atoms with Crippen molar-refractivity contribution in [3.8, 4) is 0 Å². The first-order valence-electron chi connectivity index (χ1n) is 8.35. The van der Waals surface area contributed by atoms with Crippen LogP contribution in [0.5, 0.6) is 0 Å². The lowest BCUT2D eigenvalue weighted by molar-refractivity contribution is 0.347. The molecule has 0 bridgehead atoms. The van der Waals surface area contributed by atoms with Crippen molar-refractivity contribution >= 4 is 16.3 Å². The van der Waals surface area contributed by atoms with E-state index in [2.05, 4.69) is 50.7 Å². The van der Waals surface area contributed by atoms with Crippen LogP contribution in [0.3, 0.4) is 0 Å². The Labute approximate surface area is 123 Å². The SMILES string of the molecule is C=C[Si](C)(C)CN(C1CCCC1)[Si](CC)(CC)CC. The van der Waals surface area contributed by atoms with Gasteiger partial charge in [-0.1, -0.05) is 46.7 Å². The van der Waals surface area contributed by atoms with E-state index in [4.69, 9.17) is 0 Å². The molecule has 1 fully saturated rings. The zero-order chi connectivity index (χ0) is 14.5. The van der Waals surface area contributed by atoms with E-state index in [-0.39, 0.29) is 0 Å². The van der Waals surface area contributed by atoms with Gasteiger partial charge in [-0.2, -0.15) is 0 Å². The van der Waals surface area contributed by atoms with Crippen molar-refractivity contribution in [1.29, 1.82) is 0 Å². The smallest absolute Gasteiger partial charge is 0.127 e. The van der Waals surface area contributed by atoms with Crippen LogP contribution in [-0.2, 0) is 0 Å². The Bertz CT molecular complexity index is 270. The zero-order valence-electron chi connectivity index (χ0n) is 14.0. The second-order valence-electron chi connectivity index (χ2n) is 7.04. The van der Waals surface area contributed by atoms with Gasteiger partial charge >= 0.3 is 0 Å². The molecule has 0 unspecified atom stereocenters.